The summed E-state index contributed by atoms with van der Waals surface area (Å²) in [5.74, 6) is 1.07. The maximum absolute atomic E-state index is 10.8. The van der Waals surface area contributed by atoms with Crippen molar-refractivity contribution in [3.05, 3.63) is 46.6 Å². The van der Waals surface area contributed by atoms with Crippen LogP contribution in [0.5, 0.6) is 11.5 Å². The summed E-state index contributed by atoms with van der Waals surface area (Å²) in [5.41, 5.74) is 3.92. The van der Waals surface area contributed by atoms with E-state index in [1.54, 1.807) is 20.1 Å². The molecule has 0 spiro atoms. The smallest absolute Gasteiger partial charge is 0.330 e. The molecule has 1 aliphatic rings. The predicted molar refractivity (Wildman–Crippen MR) is 109 cm³/mol. The second kappa shape index (κ2) is 9.12. The van der Waals surface area contributed by atoms with Crippen LogP contribution >= 0.6 is 0 Å². The molecule has 1 atom stereocenters. The van der Waals surface area contributed by atoms with Gasteiger partial charge in [-0.3, -0.25) is 0 Å². The number of rotatable bonds is 8. The molecule has 0 radical (unpaired) electrons. The van der Waals surface area contributed by atoms with Crippen molar-refractivity contribution in [1.29, 1.82) is 0 Å². The van der Waals surface area contributed by atoms with Crippen molar-refractivity contribution < 1.29 is 19.4 Å². The number of benzene rings is 1. The molecule has 0 amide bonds. The van der Waals surface area contributed by atoms with Crippen molar-refractivity contribution in [2.24, 2.45) is 0 Å². The van der Waals surface area contributed by atoms with Gasteiger partial charge in [-0.1, -0.05) is 17.7 Å². The van der Waals surface area contributed by atoms with E-state index < -0.39 is 5.97 Å². The van der Waals surface area contributed by atoms with Crippen molar-refractivity contribution in [2.75, 3.05) is 7.11 Å². The summed E-state index contributed by atoms with van der Waals surface area (Å²) in [6, 6.07) is 4.11. The minimum Gasteiger partial charge on any atom is -0.497 e. The van der Waals surface area contributed by atoms with E-state index in [1.165, 1.54) is 11.1 Å². The van der Waals surface area contributed by atoms with Gasteiger partial charge in [-0.25, -0.2) is 4.79 Å². The molecule has 4 nitrogen and oxygen atoms in total. The number of aliphatic carboxylic acids is 1. The Morgan fingerprint density at radius 3 is 2.70 bits per heavy atom. The summed E-state index contributed by atoms with van der Waals surface area (Å²) in [6.07, 6.45) is 9.65. The normalized spacial score (nSPS) is 20.0. The molecule has 0 aliphatic carbocycles. The summed E-state index contributed by atoms with van der Waals surface area (Å²) >= 11 is 0. The molecule has 1 aromatic rings. The molecule has 0 saturated heterocycles. The first kappa shape index (κ1) is 21.1. The van der Waals surface area contributed by atoms with E-state index in [2.05, 4.69) is 32.9 Å². The lowest BCUT2D eigenvalue weighted by atomic mass is 9.87. The monoisotopic (exact) mass is 372 g/mol. The molecule has 1 aliphatic heterocycles. The molecule has 0 saturated carbocycles. The second-order valence-electron chi connectivity index (χ2n) is 7.80. The zero-order chi connectivity index (χ0) is 20.0. The molecule has 148 valence electrons. The summed E-state index contributed by atoms with van der Waals surface area (Å²) in [5, 5.41) is 8.88. The van der Waals surface area contributed by atoms with E-state index >= 15 is 0 Å². The van der Waals surface area contributed by atoms with Gasteiger partial charge in [-0.2, -0.15) is 0 Å². The van der Waals surface area contributed by atoms with Gasteiger partial charge in [0, 0.05) is 5.57 Å². The van der Waals surface area contributed by atoms with Gasteiger partial charge in [0.25, 0.3) is 0 Å². The van der Waals surface area contributed by atoms with Gasteiger partial charge in [-0.05, 0) is 89.5 Å². The van der Waals surface area contributed by atoms with Crippen molar-refractivity contribution in [1.82, 2.24) is 0 Å². The Morgan fingerprint density at radius 2 is 2.04 bits per heavy atom. The van der Waals surface area contributed by atoms with E-state index in [-0.39, 0.29) is 5.60 Å². The SMILES string of the molecule is COc1cc(C)c2c(c1)CC[C@@](C)(CCC=C(C)CCC=C(C)C(=O)O)O2. The molecule has 0 bridgehead atoms. The Bertz CT molecular complexity index is 745. The first-order valence-corrected chi connectivity index (χ1v) is 9.66. The number of methoxy groups -OCH3 is 1. The first-order chi connectivity index (χ1) is 12.7. The number of carboxylic acids is 1. The lowest BCUT2D eigenvalue weighted by Crippen LogP contribution is -2.36. The van der Waals surface area contributed by atoms with Crippen LogP contribution in [-0.2, 0) is 11.2 Å². The van der Waals surface area contributed by atoms with Crippen molar-refractivity contribution >= 4 is 5.97 Å². The van der Waals surface area contributed by atoms with Crippen LogP contribution in [0.1, 0.15) is 64.0 Å². The molecule has 1 heterocycles. The summed E-state index contributed by atoms with van der Waals surface area (Å²) < 4.78 is 11.8. The largest absolute Gasteiger partial charge is 0.497 e. The van der Waals surface area contributed by atoms with Crippen LogP contribution in [-0.4, -0.2) is 23.8 Å². The fourth-order valence-electron chi connectivity index (χ4n) is 3.46. The van der Waals surface area contributed by atoms with Crippen molar-refractivity contribution in [3.8, 4) is 11.5 Å². The molecule has 0 fully saturated rings. The highest BCUT2D eigenvalue weighted by molar-refractivity contribution is 5.85. The number of aryl methyl sites for hydroxylation is 2. The highest BCUT2D eigenvalue weighted by atomic mass is 16.5. The molecule has 0 unspecified atom stereocenters. The lowest BCUT2D eigenvalue weighted by molar-refractivity contribution is -0.132. The number of hydrogen-bond acceptors (Lipinski definition) is 3. The topological polar surface area (TPSA) is 55.8 Å². The van der Waals surface area contributed by atoms with E-state index in [9.17, 15) is 4.79 Å². The van der Waals surface area contributed by atoms with E-state index in [4.69, 9.17) is 14.6 Å². The molecule has 2 rings (SSSR count). The van der Waals surface area contributed by atoms with E-state index in [0.29, 0.717) is 5.57 Å². The van der Waals surface area contributed by atoms with Gasteiger partial charge < -0.3 is 14.6 Å². The van der Waals surface area contributed by atoms with Crippen molar-refractivity contribution in [3.63, 3.8) is 0 Å². The average molecular weight is 373 g/mol. The van der Waals surface area contributed by atoms with Gasteiger partial charge in [0.15, 0.2) is 0 Å². The molecule has 0 aromatic heterocycles. The number of fused-ring (bicyclic) bond motifs is 1. The number of carboxylic acid groups (broad SMARTS) is 1. The minimum absolute atomic E-state index is 0.150. The number of hydrogen-bond donors (Lipinski definition) is 1. The van der Waals surface area contributed by atoms with Gasteiger partial charge in [0.05, 0.1) is 7.11 Å². The maximum atomic E-state index is 10.8. The predicted octanol–water partition coefficient (Wildman–Crippen LogP) is 5.62. The zero-order valence-electron chi connectivity index (χ0n) is 17.2. The molecule has 4 heteroatoms. The second-order valence-corrected chi connectivity index (χ2v) is 7.80. The third-order valence-corrected chi connectivity index (χ3v) is 5.32. The molecule has 1 N–H and O–H groups in total. The lowest BCUT2D eigenvalue weighted by Gasteiger charge is -2.37. The number of allylic oxidation sites excluding steroid dienone is 3. The average Bonchev–Trinajstić information content (AvgIpc) is 2.62. The van der Waals surface area contributed by atoms with Crippen LogP contribution in [0, 0.1) is 6.92 Å². The van der Waals surface area contributed by atoms with Gasteiger partial charge in [0.2, 0.25) is 0 Å². The molecular formula is C23H32O4. The Labute approximate surface area is 162 Å². The Balaban J connectivity index is 1.91. The van der Waals surface area contributed by atoms with Crippen LogP contribution in [0.15, 0.2) is 35.4 Å². The van der Waals surface area contributed by atoms with Crippen molar-refractivity contribution in [2.45, 2.75) is 71.8 Å². The summed E-state index contributed by atoms with van der Waals surface area (Å²) in [7, 11) is 1.70. The molecular weight excluding hydrogens is 340 g/mol. The Kier molecular flexibility index (Phi) is 7.11. The van der Waals surface area contributed by atoms with E-state index in [0.717, 1.165) is 55.6 Å². The van der Waals surface area contributed by atoms with E-state index in [1.807, 2.05) is 6.07 Å². The van der Waals surface area contributed by atoms with Crippen LogP contribution in [0.2, 0.25) is 0 Å². The number of carbonyl (C=O) groups is 1. The Morgan fingerprint density at radius 1 is 1.30 bits per heavy atom. The quantitative estimate of drug-likeness (QED) is 0.475. The highest BCUT2D eigenvalue weighted by Gasteiger charge is 2.32. The fraction of sp³-hybridized carbons (Fsp3) is 0.522. The highest BCUT2D eigenvalue weighted by Crippen LogP contribution is 2.40. The van der Waals surface area contributed by atoms with Crippen LogP contribution in [0.25, 0.3) is 0 Å². The van der Waals surface area contributed by atoms with Crippen LogP contribution < -0.4 is 9.47 Å². The third kappa shape index (κ3) is 5.88. The van der Waals surface area contributed by atoms with Crippen LogP contribution in [0.3, 0.4) is 0 Å². The van der Waals surface area contributed by atoms with Crippen LogP contribution in [0.4, 0.5) is 0 Å². The standard InChI is InChI=1S/C23H32O4/c1-16(8-6-10-17(2)22(24)25)9-7-12-23(4)13-11-19-15-20(26-5)14-18(3)21(19)27-23/h9-10,14-15H,6-8,11-13H2,1-5H3,(H,24,25)/t23-/m1/s1. The Hall–Kier alpha value is -2.23. The van der Waals surface area contributed by atoms with Gasteiger partial charge in [-0.15, -0.1) is 0 Å². The maximum Gasteiger partial charge on any atom is 0.330 e. The fourth-order valence-corrected chi connectivity index (χ4v) is 3.46. The first-order valence-electron chi connectivity index (χ1n) is 9.66. The number of ether oxygens (including phenoxy) is 2. The minimum atomic E-state index is -0.841. The van der Waals surface area contributed by atoms with Gasteiger partial charge in [0.1, 0.15) is 17.1 Å². The zero-order valence-corrected chi connectivity index (χ0v) is 17.2. The van der Waals surface area contributed by atoms with Gasteiger partial charge >= 0.3 is 5.97 Å². The molecule has 27 heavy (non-hydrogen) atoms. The molecule has 1 aromatic carbocycles. The summed E-state index contributed by atoms with van der Waals surface area (Å²) in [6.45, 7) is 8.02. The summed E-state index contributed by atoms with van der Waals surface area (Å²) in [4.78, 5) is 10.8. The third-order valence-electron chi connectivity index (χ3n) is 5.32.